The molecule has 0 aliphatic rings. The number of carbonyl (C=O) groups is 2. The second kappa shape index (κ2) is 5.89. The van der Waals surface area contributed by atoms with E-state index in [1.165, 1.54) is 4.90 Å². The minimum atomic E-state index is -0.893. The number of carboxylic acids is 1. The highest BCUT2D eigenvalue weighted by Gasteiger charge is 2.30. The topological polar surface area (TPSA) is 66.8 Å². The lowest BCUT2D eigenvalue weighted by atomic mass is 9.98. The van der Waals surface area contributed by atoms with Crippen LogP contribution in [0.4, 0.5) is 4.79 Å². The van der Waals surface area contributed by atoms with Crippen LogP contribution < -0.4 is 0 Å². The molecule has 0 aromatic heterocycles. The van der Waals surface area contributed by atoms with Gasteiger partial charge in [-0.15, -0.1) is 0 Å². The third-order valence-corrected chi connectivity index (χ3v) is 2.63. The average Bonchev–Trinajstić information content (AvgIpc) is 2.14. The van der Waals surface area contributed by atoms with Gasteiger partial charge in [0.1, 0.15) is 5.60 Å². The molecule has 5 heteroatoms. The summed E-state index contributed by atoms with van der Waals surface area (Å²) in [5.74, 6) is -1.47. The van der Waals surface area contributed by atoms with Crippen molar-refractivity contribution >= 4 is 12.1 Å². The van der Waals surface area contributed by atoms with Crippen LogP contribution in [0.2, 0.25) is 0 Å². The number of aliphatic carboxylic acids is 1. The number of rotatable bonds is 4. The van der Waals surface area contributed by atoms with Crippen molar-refractivity contribution in [1.29, 1.82) is 0 Å². The number of carboxylic acid groups (broad SMARTS) is 1. The minimum Gasteiger partial charge on any atom is -0.481 e. The Hall–Kier alpha value is -1.26. The first-order valence-corrected chi connectivity index (χ1v) is 5.78. The summed E-state index contributed by atoms with van der Waals surface area (Å²) in [7, 11) is 1.56. The molecule has 0 heterocycles. The molecule has 0 fully saturated rings. The standard InChI is InChI=1S/C12H23NO4/c1-7-9(10(14)15)8(2)13(6)11(16)17-12(3,4)5/h8-9H,7H2,1-6H3,(H,14,15). The van der Waals surface area contributed by atoms with E-state index >= 15 is 0 Å². The maximum atomic E-state index is 11.8. The van der Waals surface area contributed by atoms with Gasteiger partial charge in [0, 0.05) is 13.1 Å². The number of ether oxygens (including phenoxy) is 1. The number of carbonyl (C=O) groups excluding carboxylic acids is 1. The Morgan fingerprint density at radius 1 is 1.35 bits per heavy atom. The van der Waals surface area contributed by atoms with E-state index in [9.17, 15) is 9.59 Å². The Morgan fingerprint density at radius 3 is 2.12 bits per heavy atom. The zero-order valence-corrected chi connectivity index (χ0v) is 11.5. The quantitative estimate of drug-likeness (QED) is 0.825. The molecule has 0 rings (SSSR count). The van der Waals surface area contributed by atoms with E-state index < -0.39 is 29.6 Å². The fourth-order valence-electron chi connectivity index (χ4n) is 1.49. The molecule has 100 valence electrons. The SMILES string of the molecule is CCC(C(=O)O)C(C)N(C)C(=O)OC(C)(C)C. The fraction of sp³-hybridized carbons (Fsp3) is 0.833. The number of hydrogen-bond donors (Lipinski definition) is 1. The Morgan fingerprint density at radius 2 is 1.82 bits per heavy atom. The molecule has 0 aromatic rings. The average molecular weight is 245 g/mol. The molecule has 0 radical (unpaired) electrons. The molecule has 0 saturated heterocycles. The summed E-state index contributed by atoms with van der Waals surface area (Å²) >= 11 is 0. The van der Waals surface area contributed by atoms with Crippen LogP contribution in [0, 0.1) is 5.92 Å². The van der Waals surface area contributed by atoms with Crippen molar-refractivity contribution in [2.75, 3.05) is 7.05 Å². The van der Waals surface area contributed by atoms with Crippen LogP contribution in [0.3, 0.4) is 0 Å². The van der Waals surface area contributed by atoms with Gasteiger partial charge in [-0.2, -0.15) is 0 Å². The summed E-state index contributed by atoms with van der Waals surface area (Å²) in [5, 5.41) is 9.03. The maximum Gasteiger partial charge on any atom is 0.410 e. The van der Waals surface area contributed by atoms with Crippen molar-refractivity contribution < 1.29 is 19.4 Å². The van der Waals surface area contributed by atoms with E-state index in [0.29, 0.717) is 6.42 Å². The minimum absolute atomic E-state index is 0.396. The van der Waals surface area contributed by atoms with Crippen LogP contribution in [-0.2, 0) is 9.53 Å². The number of amides is 1. The van der Waals surface area contributed by atoms with Gasteiger partial charge < -0.3 is 14.7 Å². The third kappa shape index (κ3) is 5.06. The molecule has 0 aliphatic heterocycles. The van der Waals surface area contributed by atoms with Crippen LogP contribution >= 0.6 is 0 Å². The first-order valence-electron chi connectivity index (χ1n) is 5.78. The van der Waals surface area contributed by atoms with Gasteiger partial charge in [0.15, 0.2) is 0 Å². The lowest BCUT2D eigenvalue weighted by molar-refractivity contribution is -0.143. The van der Waals surface area contributed by atoms with Gasteiger partial charge >= 0.3 is 12.1 Å². The first kappa shape index (κ1) is 15.7. The fourth-order valence-corrected chi connectivity index (χ4v) is 1.49. The summed E-state index contributed by atoms with van der Waals surface area (Å²) in [6.07, 6.45) is -0.0198. The molecule has 17 heavy (non-hydrogen) atoms. The van der Waals surface area contributed by atoms with Crippen molar-refractivity contribution in [1.82, 2.24) is 4.90 Å². The van der Waals surface area contributed by atoms with Crippen LogP contribution in [0.1, 0.15) is 41.0 Å². The molecule has 0 aromatic carbocycles. The largest absolute Gasteiger partial charge is 0.481 e. The monoisotopic (exact) mass is 245 g/mol. The Bertz CT molecular complexity index is 283. The molecular formula is C12H23NO4. The predicted octanol–water partition coefficient (Wildman–Crippen LogP) is 2.35. The highest BCUT2D eigenvalue weighted by Crippen LogP contribution is 2.17. The highest BCUT2D eigenvalue weighted by atomic mass is 16.6. The van der Waals surface area contributed by atoms with Crippen LogP contribution in [-0.4, -0.2) is 40.8 Å². The number of nitrogens with zero attached hydrogens (tertiary/aromatic N) is 1. The van der Waals surface area contributed by atoms with E-state index in [1.807, 2.05) is 0 Å². The zero-order valence-electron chi connectivity index (χ0n) is 11.5. The van der Waals surface area contributed by atoms with E-state index in [-0.39, 0.29) is 0 Å². The van der Waals surface area contributed by atoms with Crippen LogP contribution in [0.5, 0.6) is 0 Å². The van der Waals surface area contributed by atoms with Gasteiger partial charge in [0.05, 0.1) is 5.92 Å². The lowest BCUT2D eigenvalue weighted by Crippen LogP contribution is -2.44. The second-order valence-corrected chi connectivity index (χ2v) is 5.18. The van der Waals surface area contributed by atoms with Gasteiger partial charge in [-0.05, 0) is 34.1 Å². The van der Waals surface area contributed by atoms with Gasteiger partial charge in [0.2, 0.25) is 0 Å². The Labute approximate surface area is 103 Å². The molecular weight excluding hydrogens is 222 g/mol. The van der Waals surface area contributed by atoms with Crippen molar-refractivity contribution in [2.24, 2.45) is 5.92 Å². The molecule has 1 N–H and O–H groups in total. The van der Waals surface area contributed by atoms with Crippen molar-refractivity contribution in [3.63, 3.8) is 0 Å². The molecule has 5 nitrogen and oxygen atoms in total. The van der Waals surface area contributed by atoms with Crippen molar-refractivity contribution in [3.05, 3.63) is 0 Å². The first-order chi connectivity index (χ1) is 7.60. The lowest BCUT2D eigenvalue weighted by Gasteiger charge is -2.31. The molecule has 2 unspecified atom stereocenters. The third-order valence-electron chi connectivity index (χ3n) is 2.63. The molecule has 2 atom stereocenters. The van der Waals surface area contributed by atoms with Gasteiger partial charge in [-0.3, -0.25) is 4.79 Å². The van der Waals surface area contributed by atoms with Crippen LogP contribution in [0.15, 0.2) is 0 Å². The summed E-state index contributed by atoms with van der Waals surface area (Å²) in [4.78, 5) is 24.1. The van der Waals surface area contributed by atoms with Crippen LogP contribution in [0.25, 0.3) is 0 Å². The van der Waals surface area contributed by atoms with E-state index in [2.05, 4.69) is 0 Å². The summed E-state index contributed by atoms with van der Waals surface area (Å²) in [6, 6.07) is -0.396. The van der Waals surface area contributed by atoms with E-state index in [4.69, 9.17) is 9.84 Å². The zero-order chi connectivity index (χ0) is 13.8. The van der Waals surface area contributed by atoms with Gasteiger partial charge in [0.25, 0.3) is 0 Å². The molecule has 0 spiro atoms. The predicted molar refractivity (Wildman–Crippen MR) is 64.9 cm³/mol. The van der Waals surface area contributed by atoms with Crippen molar-refractivity contribution in [2.45, 2.75) is 52.7 Å². The number of hydrogen-bond acceptors (Lipinski definition) is 3. The molecule has 1 amide bonds. The Kier molecular flexibility index (Phi) is 5.45. The molecule has 0 bridgehead atoms. The van der Waals surface area contributed by atoms with E-state index in [0.717, 1.165) is 0 Å². The maximum absolute atomic E-state index is 11.8. The summed E-state index contributed by atoms with van der Waals surface area (Å²) in [5.41, 5.74) is -0.573. The molecule has 0 aliphatic carbocycles. The summed E-state index contributed by atoms with van der Waals surface area (Å²) in [6.45, 7) is 8.83. The van der Waals surface area contributed by atoms with E-state index in [1.54, 1.807) is 41.7 Å². The summed E-state index contributed by atoms with van der Waals surface area (Å²) < 4.78 is 5.19. The Balaban J connectivity index is 4.63. The molecule has 0 saturated carbocycles. The smallest absolute Gasteiger partial charge is 0.410 e. The normalized spacial score (nSPS) is 14.9. The second-order valence-electron chi connectivity index (χ2n) is 5.18. The van der Waals surface area contributed by atoms with Crippen molar-refractivity contribution in [3.8, 4) is 0 Å². The van der Waals surface area contributed by atoms with Gasteiger partial charge in [-0.1, -0.05) is 6.92 Å². The van der Waals surface area contributed by atoms with Gasteiger partial charge in [-0.25, -0.2) is 4.79 Å². The highest BCUT2D eigenvalue weighted by molar-refractivity contribution is 5.73.